The molecule has 3 aliphatic rings. The molecule has 2 nitrogen and oxygen atoms in total. The molecule has 3 aliphatic heterocycles. The molecule has 0 spiro atoms. The lowest BCUT2D eigenvalue weighted by Crippen LogP contribution is -2.46. The summed E-state index contributed by atoms with van der Waals surface area (Å²) >= 11 is 2.06. The van der Waals surface area contributed by atoms with Crippen molar-refractivity contribution in [3.05, 3.63) is 65.7 Å². The summed E-state index contributed by atoms with van der Waals surface area (Å²) in [5, 5.41) is 0. The Bertz CT molecular complexity index is 801. The second-order valence-electron chi connectivity index (χ2n) is 7.62. The minimum Gasteiger partial charge on any atom is -0.367 e. The maximum Gasteiger partial charge on any atom is 0.0543 e. The highest BCUT2D eigenvalue weighted by atomic mass is 32.2. The van der Waals surface area contributed by atoms with E-state index in [2.05, 4.69) is 82.2 Å². The number of fused-ring (bicyclic) bond motifs is 3. The molecule has 2 atom stereocenters. The second kappa shape index (κ2) is 7.13. The third-order valence-corrected chi connectivity index (χ3v) is 7.19. The van der Waals surface area contributed by atoms with Gasteiger partial charge in [0.05, 0.1) is 5.69 Å². The topological polar surface area (TPSA) is 6.48 Å². The molecule has 2 aromatic rings. The van der Waals surface area contributed by atoms with Crippen molar-refractivity contribution in [1.82, 2.24) is 4.90 Å². The maximum atomic E-state index is 2.76. The van der Waals surface area contributed by atoms with Crippen LogP contribution in [0.15, 0.2) is 59.5 Å². The maximum absolute atomic E-state index is 2.76. The number of hydrogen-bond acceptors (Lipinski definition) is 3. The summed E-state index contributed by atoms with van der Waals surface area (Å²) in [6, 6.07) is 18.4. The summed E-state index contributed by atoms with van der Waals surface area (Å²) in [4.78, 5) is 6.91. The molecule has 3 heterocycles. The van der Waals surface area contributed by atoms with Crippen molar-refractivity contribution in [2.45, 2.75) is 29.7 Å². The molecule has 0 N–H and O–H groups in total. The first-order valence-corrected chi connectivity index (χ1v) is 10.8. The highest BCUT2D eigenvalue weighted by molar-refractivity contribution is 7.99. The first-order chi connectivity index (χ1) is 12.9. The number of thioether (sulfide) groups is 1. The van der Waals surface area contributed by atoms with Crippen LogP contribution < -0.4 is 4.90 Å². The predicted molar refractivity (Wildman–Crippen MR) is 112 cm³/mol. The first-order valence-electron chi connectivity index (χ1n) is 9.86. The Morgan fingerprint density at radius 2 is 1.96 bits per heavy atom. The minimum absolute atomic E-state index is 0.683. The molecule has 0 bridgehead atoms. The quantitative estimate of drug-likeness (QED) is 0.769. The lowest BCUT2D eigenvalue weighted by Gasteiger charge is -2.38. The third-order valence-electron chi connectivity index (χ3n) is 6.05. The Morgan fingerprint density at radius 3 is 2.88 bits per heavy atom. The standard InChI is InChI=1S/C23H26N2S/c1-2-7-18(8-3-1)9-5-13-24-15-12-21-20(17-24)19-10-4-11-22-23(19)25(21)14-6-16-26-22/h1-5,7-11,20-21H,6,12-17H2. The molecule has 0 saturated carbocycles. The van der Waals surface area contributed by atoms with E-state index in [1.807, 2.05) is 0 Å². The predicted octanol–water partition coefficient (Wildman–Crippen LogP) is 4.87. The Morgan fingerprint density at radius 1 is 1.04 bits per heavy atom. The fourth-order valence-corrected chi connectivity index (χ4v) is 5.92. The van der Waals surface area contributed by atoms with Crippen LogP contribution in [0.2, 0.25) is 0 Å². The molecule has 0 aromatic heterocycles. The van der Waals surface area contributed by atoms with Gasteiger partial charge in [0, 0.05) is 43.0 Å². The Kier molecular flexibility index (Phi) is 4.51. The average molecular weight is 363 g/mol. The van der Waals surface area contributed by atoms with E-state index < -0.39 is 0 Å². The molecule has 3 heteroatoms. The normalized spacial score (nSPS) is 25.2. The van der Waals surface area contributed by atoms with Gasteiger partial charge in [-0.25, -0.2) is 0 Å². The van der Waals surface area contributed by atoms with Gasteiger partial charge >= 0.3 is 0 Å². The van der Waals surface area contributed by atoms with Crippen LogP contribution in [0.4, 0.5) is 5.69 Å². The molecule has 0 radical (unpaired) electrons. The van der Waals surface area contributed by atoms with Crippen molar-refractivity contribution < 1.29 is 0 Å². The van der Waals surface area contributed by atoms with Crippen LogP contribution in [0.1, 0.15) is 29.9 Å². The van der Waals surface area contributed by atoms with Gasteiger partial charge in [0.15, 0.2) is 0 Å². The largest absolute Gasteiger partial charge is 0.367 e. The van der Waals surface area contributed by atoms with Crippen LogP contribution in [0.5, 0.6) is 0 Å². The molecule has 0 amide bonds. The molecule has 2 aromatic carbocycles. The lowest BCUT2D eigenvalue weighted by molar-refractivity contribution is 0.211. The number of likely N-dealkylation sites (tertiary alicyclic amines) is 1. The third kappa shape index (κ3) is 2.97. The van der Waals surface area contributed by atoms with Crippen molar-refractivity contribution in [2.75, 3.05) is 36.8 Å². The minimum atomic E-state index is 0.683. The number of para-hydroxylation sites is 1. The molecule has 5 rings (SSSR count). The zero-order valence-electron chi connectivity index (χ0n) is 15.2. The van der Waals surface area contributed by atoms with Crippen molar-refractivity contribution in [3.8, 4) is 0 Å². The van der Waals surface area contributed by atoms with Crippen molar-refractivity contribution in [1.29, 1.82) is 0 Å². The zero-order chi connectivity index (χ0) is 17.3. The van der Waals surface area contributed by atoms with Crippen LogP contribution in [0, 0.1) is 0 Å². The number of nitrogens with zero attached hydrogens (tertiary/aromatic N) is 2. The number of benzene rings is 2. The number of piperidine rings is 1. The zero-order valence-corrected chi connectivity index (χ0v) is 16.0. The van der Waals surface area contributed by atoms with Crippen LogP contribution in [0.25, 0.3) is 6.08 Å². The number of rotatable bonds is 3. The SMILES string of the molecule is C(=Cc1ccccc1)CN1CCC2C(C1)c1cccc3c1N2CCCS3. The van der Waals surface area contributed by atoms with Gasteiger partial charge in [0.1, 0.15) is 0 Å². The molecule has 1 saturated heterocycles. The smallest absolute Gasteiger partial charge is 0.0543 e. The molecular formula is C23H26N2S. The van der Waals surface area contributed by atoms with Gasteiger partial charge in [-0.1, -0.05) is 54.6 Å². The van der Waals surface area contributed by atoms with Crippen LogP contribution in [-0.2, 0) is 0 Å². The highest BCUT2D eigenvalue weighted by Crippen LogP contribution is 2.50. The summed E-state index contributed by atoms with van der Waals surface area (Å²) in [6.45, 7) is 4.71. The summed E-state index contributed by atoms with van der Waals surface area (Å²) in [7, 11) is 0. The molecule has 1 fully saturated rings. The van der Waals surface area contributed by atoms with Crippen LogP contribution >= 0.6 is 11.8 Å². The molecule has 134 valence electrons. The van der Waals surface area contributed by atoms with Gasteiger partial charge in [-0.2, -0.15) is 0 Å². The Hall–Kier alpha value is -1.71. The van der Waals surface area contributed by atoms with Crippen LogP contribution in [-0.4, -0.2) is 42.9 Å². The van der Waals surface area contributed by atoms with Gasteiger partial charge in [-0.3, -0.25) is 4.90 Å². The van der Waals surface area contributed by atoms with Crippen LogP contribution in [0.3, 0.4) is 0 Å². The Labute approximate surface area is 160 Å². The summed E-state index contributed by atoms with van der Waals surface area (Å²) in [5.74, 6) is 1.95. The Balaban J connectivity index is 1.33. The molecule has 26 heavy (non-hydrogen) atoms. The summed E-state index contributed by atoms with van der Waals surface area (Å²) < 4.78 is 0. The van der Waals surface area contributed by atoms with Crippen molar-refractivity contribution >= 4 is 23.5 Å². The van der Waals surface area contributed by atoms with E-state index in [0.717, 1.165) is 12.6 Å². The van der Waals surface area contributed by atoms with Gasteiger partial charge in [0.2, 0.25) is 0 Å². The molecule has 2 unspecified atom stereocenters. The van der Waals surface area contributed by atoms with E-state index in [1.165, 1.54) is 48.7 Å². The van der Waals surface area contributed by atoms with E-state index in [-0.39, 0.29) is 0 Å². The van der Waals surface area contributed by atoms with E-state index in [0.29, 0.717) is 5.92 Å². The monoisotopic (exact) mass is 362 g/mol. The molecule has 0 aliphatic carbocycles. The van der Waals surface area contributed by atoms with Gasteiger partial charge in [-0.15, -0.1) is 11.8 Å². The number of hydrogen-bond donors (Lipinski definition) is 0. The van der Waals surface area contributed by atoms with E-state index in [9.17, 15) is 0 Å². The van der Waals surface area contributed by atoms with Gasteiger partial charge < -0.3 is 4.90 Å². The second-order valence-corrected chi connectivity index (χ2v) is 8.76. The fourth-order valence-electron chi connectivity index (χ4n) is 4.88. The van der Waals surface area contributed by atoms with Crippen molar-refractivity contribution in [3.63, 3.8) is 0 Å². The average Bonchev–Trinajstić information content (AvgIpc) is 2.84. The van der Waals surface area contributed by atoms with Gasteiger partial charge in [-0.05, 0) is 35.8 Å². The summed E-state index contributed by atoms with van der Waals surface area (Å²) in [6.07, 6.45) is 7.20. The van der Waals surface area contributed by atoms with Gasteiger partial charge in [0.25, 0.3) is 0 Å². The summed E-state index contributed by atoms with van der Waals surface area (Å²) in [5.41, 5.74) is 4.48. The fraction of sp³-hybridized carbons (Fsp3) is 0.391. The van der Waals surface area contributed by atoms with E-state index in [4.69, 9.17) is 0 Å². The van der Waals surface area contributed by atoms with E-state index in [1.54, 1.807) is 11.3 Å². The highest BCUT2D eigenvalue weighted by Gasteiger charge is 2.42. The van der Waals surface area contributed by atoms with Crippen molar-refractivity contribution in [2.24, 2.45) is 0 Å². The lowest BCUT2D eigenvalue weighted by atomic mass is 9.89. The first kappa shape index (κ1) is 16.5. The molecular weight excluding hydrogens is 336 g/mol. The number of anilines is 1. The van der Waals surface area contributed by atoms with E-state index >= 15 is 0 Å².